The Morgan fingerprint density at radius 2 is 1.12 bits per heavy atom. The topological polar surface area (TPSA) is 17.1 Å². The number of hydrogen-bond donors (Lipinski definition) is 0. The molecule has 0 bridgehead atoms. The normalized spacial score (nSPS) is 10.0. The summed E-state index contributed by atoms with van der Waals surface area (Å²) in [7, 11) is 0. The van der Waals surface area contributed by atoms with Gasteiger partial charge in [0.2, 0.25) is 0 Å². The van der Waals surface area contributed by atoms with Gasteiger partial charge in [-0.3, -0.25) is 0 Å². The Hall–Kier alpha value is -0.710. The predicted octanol–water partition coefficient (Wildman–Crippen LogP) is 3.99. The zero-order chi connectivity index (χ0) is 12.3. The minimum Gasteiger partial charge on any atom is -0.212 e. The van der Waals surface area contributed by atoms with Gasteiger partial charge in [-0.2, -0.15) is 0 Å². The lowest BCUT2D eigenvalue weighted by Gasteiger charge is -2.04. The van der Waals surface area contributed by atoms with Crippen LogP contribution in [0.3, 0.4) is 0 Å². The van der Waals surface area contributed by atoms with E-state index in [4.69, 9.17) is 0 Å². The van der Waals surface area contributed by atoms with Crippen LogP contribution in [0.5, 0.6) is 0 Å². The highest BCUT2D eigenvalue weighted by molar-refractivity contribution is 9.10. The van der Waals surface area contributed by atoms with Gasteiger partial charge in [0.15, 0.2) is 0 Å². The summed E-state index contributed by atoms with van der Waals surface area (Å²) in [6.45, 7) is 0. The van der Waals surface area contributed by atoms with Crippen LogP contribution in [0.25, 0.3) is 0 Å². The van der Waals surface area contributed by atoms with Crippen LogP contribution in [-0.4, -0.2) is 9.07 Å². The van der Waals surface area contributed by atoms with Crippen molar-refractivity contribution in [2.75, 3.05) is 0 Å². The third-order valence-corrected chi connectivity index (χ3v) is 3.99. The molecule has 0 N–H and O–H groups in total. The molecule has 4 heteroatoms. The van der Waals surface area contributed by atoms with Crippen molar-refractivity contribution in [1.29, 1.82) is 0 Å². The highest BCUT2D eigenvalue weighted by Crippen LogP contribution is 2.16. The van der Waals surface area contributed by atoms with E-state index in [1.165, 1.54) is 0 Å². The lowest BCUT2D eigenvalue weighted by atomic mass is 10.1. The summed E-state index contributed by atoms with van der Waals surface area (Å²) >= 11 is 7.29. The number of benzene rings is 2. The molecule has 0 radical (unpaired) electrons. The molecule has 2 aromatic rings. The van der Waals surface area contributed by atoms with Gasteiger partial charge in [-0.05, 0) is 35.4 Å². The zero-order valence-electron chi connectivity index (χ0n) is 8.69. The molecule has 0 unspecified atom stereocenters. The molecule has 0 fully saturated rings. The summed E-state index contributed by atoms with van der Waals surface area (Å²) < 4.78 is 13.3. The number of hydrogen-bond acceptors (Lipinski definition) is 1. The minimum absolute atomic E-state index is 0.524. The second-order valence-electron chi connectivity index (χ2n) is 3.43. The van der Waals surface area contributed by atoms with Crippen LogP contribution in [0.2, 0.25) is 0 Å². The van der Waals surface area contributed by atoms with E-state index in [0.717, 1.165) is 24.9 Å². The van der Waals surface area contributed by atoms with Crippen molar-refractivity contribution >= 4 is 48.0 Å². The van der Waals surface area contributed by atoms with Crippen molar-refractivity contribution in [2.24, 2.45) is 0 Å². The van der Waals surface area contributed by atoms with Gasteiger partial charge in [0.05, 0.1) is 16.1 Å². The first-order valence-corrected chi connectivity index (χ1v) is 7.22. The predicted molar refractivity (Wildman–Crippen MR) is 79.6 cm³/mol. The van der Waals surface area contributed by atoms with E-state index in [9.17, 15) is 4.21 Å². The first-order valence-electron chi connectivity index (χ1n) is 4.89. The molecule has 17 heavy (non-hydrogen) atoms. The molecule has 0 amide bonds. The molecule has 2 rings (SSSR count). The summed E-state index contributed by atoms with van der Waals surface area (Å²) in [6.07, 6.45) is 0. The van der Waals surface area contributed by atoms with Crippen LogP contribution >= 0.6 is 31.9 Å². The van der Waals surface area contributed by atoms with Gasteiger partial charge in [0, 0.05) is 8.95 Å². The standard InChI is InChI=1S/C13H8Br2OS/c14-11-5-1-9(2-6-11)13(17-16)10-3-7-12(15)8-4-10/h1-8H. The Bertz CT molecular complexity index is 522. The number of rotatable bonds is 2. The molecule has 0 saturated heterocycles. The molecule has 86 valence electrons. The minimum atomic E-state index is 0.524. The molecule has 0 heterocycles. The fourth-order valence-corrected chi connectivity index (χ4v) is 2.46. The maximum absolute atomic E-state index is 11.3. The summed E-state index contributed by atoms with van der Waals surface area (Å²) in [5.41, 5.74) is 1.88. The van der Waals surface area contributed by atoms with Gasteiger partial charge < -0.3 is 0 Å². The molecule has 2 aromatic carbocycles. The van der Waals surface area contributed by atoms with Crippen molar-refractivity contribution in [2.45, 2.75) is 0 Å². The molecular weight excluding hydrogens is 364 g/mol. The van der Waals surface area contributed by atoms with E-state index < -0.39 is 0 Å². The van der Waals surface area contributed by atoms with Crippen molar-refractivity contribution in [3.63, 3.8) is 0 Å². The maximum Gasteiger partial charge on any atom is 0.0978 e. The van der Waals surface area contributed by atoms with Crippen molar-refractivity contribution in [3.05, 3.63) is 68.6 Å². The van der Waals surface area contributed by atoms with Crippen LogP contribution in [-0.2, 0) is 11.3 Å². The Kier molecular flexibility index (Phi) is 4.31. The van der Waals surface area contributed by atoms with Crippen molar-refractivity contribution < 1.29 is 4.21 Å². The molecular formula is C13H8Br2OS. The van der Waals surface area contributed by atoms with E-state index in [0.29, 0.717) is 11.3 Å². The average Bonchev–Trinajstić information content (AvgIpc) is 2.35. The average molecular weight is 372 g/mol. The smallest absolute Gasteiger partial charge is 0.0978 e. The lowest BCUT2D eigenvalue weighted by Crippen LogP contribution is -2.02. The van der Waals surface area contributed by atoms with Gasteiger partial charge in [0.1, 0.15) is 0 Å². The van der Waals surface area contributed by atoms with E-state index >= 15 is 0 Å². The molecule has 0 spiro atoms. The number of halogens is 2. The SMILES string of the molecule is O=S=C(c1ccc(Br)cc1)c1ccc(Br)cc1. The van der Waals surface area contributed by atoms with Gasteiger partial charge in [0.25, 0.3) is 0 Å². The Labute approximate surface area is 120 Å². The molecule has 0 aliphatic carbocycles. The van der Waals surface area contributed by atoms with Crippen LogP contribution in [0, 0.1) is 0 Å². The second-order valence-corrected chi connectivity index (χ2v) is 5.83. The van der Waals surface area contributed by atoms with Gasteiger partial charge in [-0.1, -0.05) is 56.1 Å². The van der Waals surface area contributed by atoms with Crippen molar-refractivity contribution in [1.82, 2.24) is 0 Å². The van der Waals surface area contributed by atoms with E-state index in [2.05, 4.69) is 31.9 Å². The van der Waals surface area contributed by atoms with Crippen LogP contribution in [0.4, 0.5) is 0 Å². The highest BCUT2D eigenvalue weighted by atomic mass is 79.9. The summed E-state index contributed by atoms with van der Waals surface area (Å²) in [4.78, 5) is 0.741. The first-order chi connectivity index (χ1) is 8.20. The highest BCUT2D eigenvalue weighted by Gasteiger charge is 2.06. The Morgan fingerprint density at radius 3 is 1.41 bits per heavy atom. The fraction of sp³-hybridized carbons (Fsp3) is 0. The summed E-state index contributed by atoms with van der Waals surface area (Å²) in [6, 6.07) is 15.5. The summed E-state index contributed by atoms with van der Waals surface area (Å²) in [5, 5.41) is 0. The molecule has 0 aromatic heterocycles. The molecule has 1 nitrogen and oxygen atoms in total. The van der Waals surface area contributed by atoms with Gasteiger partial charge >= 0.3 is 0 Å². The summed E-state index contributed by atoms with van der Waals surface area (Å²) in [5.74, 6) is 0. The maximum atomic E-state index is 11.3. The van der Waals surface area contributed by atoms with Crippen LogP contribution in [0.15, 0.2) is 57.5 Å². The lowest BCUT2D eigenvalue weighted by molar-refractivity contribution is 0.701. The molecule has 0 atom stereocenters. The third kappa shape index (κ3) is 3.15. The largest absolute Gasteiger partial charge is 0.212 e. The quantitative estimate of drug-likeness (QED) is 0.576. The molecule has 0 saturated carbocycles. The van der Waals surface area contributed by atoms with Crippen LogP contribution < -0.4 is 0 Å². The van der Waals surface area contributed by atoms with E-state index in [1.807, 2.05) is 48.5 Å². The third-order valence-electron chi connectivity index (χ3n) is 2.30. The Balaban J connectivity index is 2.44. The monoisotopic (exact) mass is 370 g/mol. The van der Waals surface area contributed by atoms with Gasteiger partial charge in [-0.15, -0.1) is 0 Å². The Morgan fingerprint density at radius 1 is 0.765 bits per heavy atom. The molecule has 0 aliphatic rings. The van der Waals surface area contributed by atoms with E-state index in [-0.39, 0.29) is 0 Å². The van der Waals surface area contributed by atoms with Gasteiger partial charge in [-0.25, -0.2) is 4.21 Å². The fourth-order valence-electron chi connectivity index (χ4n) is 1.47. The second kappa shape index (κ2) is 5.76. The van der Waals surface area contributed by atoms with E-state index in [1.54, 1.807) is 0 Å². The van der Waals surface area contributed by atoms with Crippen molar-refractivity contribution in [3.8, 4) is 0 Å². The molecule has 0 aliphatic heterocycles. The zero-order valence-corrected chi connectivity index (χ0v) is 12.7. The first kappa shape index (κ1) is 12.7. The van der Waals surface area contributed by atoms with Crippen LogP contribution in [0.1, 0.15) is 11.1 Å².